The number of aromatic hydroxyl groups is 2. The third-order valence-electron chi connectivity index (χ3n) is 4.22. The normalized spacial score (nSPS) is 15.9. The molecule has 1 fully saturated rings. The second-order valence-corrected chi connectivity index (χ2v) is 6.99. The van der Waals surface area contributed by atoms with Crippen LogP contribution in [0, 0.1) is 0 Å². The van der Waals surface area contributed by atoms with Gasteiger partial charge in [-0.25, -0.2) is 0 Å². The van der Waals surface area contributed by atoms with Crippen molar-refractivity contribution in [2.75, 3.05) is 6.54 Å². The number of thioether (sulfide) groups is 1. The maximum Gasteiger partial charge on any atom is 0.293 e. The van der Waals surface area contributed by atoms with E-state index in [4.69, 9.17) is 0 Å². The van der Waals surface area contributed by atoms with Crippen LogP contribution in [0.4, 0.5) is 4.79 Å². The molecule has 2 aromatic carbocycles. The summed E-state index contributed by atoms with van der Waals surface area (Å²) < 4.78 is 0. The third-order valence-corrected chi connectivity index (χ3v) is 5.13. The minimum atomic E-state index is -0.303. The Labute approximate surface area is 156 Å². The Morgan fingerprint density at radius 2 is 1.69 bits per heavy atom. The molecule has 5 nitrogen and oxygen atoms in total. The second-order valence-electron chi connectivity index (χ2n) is 6.00. The molecule has 0 spiro atoms. The van der Waals surface area contributed by atoms with E-state index in [1.165, 1.54) is 22.6 Å². The van der Waals surface area contributed by atoms with Crippen LogP contribution < -0.4 is 0 Å². The van der Waals surface area contributed by atoms with Gasteiger partial charge in [-0.2, -0.15) is 0 Å². The molecule has 0 bridgehead atoms. The summed E-state index contributed by atoms with van der Waals surface area (Å²) in [7, 11) is 0. The highest BCUT2D eigenvalue weighted by atomic mass is 32.2. The second kappa shape index (κ2) is 7.66. The fourth-order valence-corrected chi connectivity index (χ4v) is 3.52. The summed E-state index contributed by atoms with van der Waals surface area (Å²) in [5, 5.41) is 18.6. The quantitative estimate of drug-likeness (QED) is 0.617. The molecular weight excluding hydrogens is 350 g/mol. The summed E-state index contributed by atoms with van der Waals surface area (Å²) in [5.41, 5.74) is 2.84. The molecule has 0 radical (unpaired) electrons. The molecule has 2 amide bonds. The van der Waals surface area contributed by atoms with Crippen LogP contribution in [0.15, 0.2) is 47.4 Å². The minimum Gasteiger partial charge on any atom is -0.504 e. The first-order chi connectivity index (χ1) is 12.5. The van der Waals surface area contributed by atoms with Crippen LogP contribution in [0.3, 0.4) is 0 Å². The van der Waals surface area contributed by atoms with Crippen molar-refractivity contribution in [1.29, 1.82) is 0 Å². The van der Waals surface area contributed by atoms with Crippen LogP contribution in [-0.4, -0.2) is 32.8 Å². The van der Waals surface area contributed by atoms with Gasteiger partial charge in [-0.05, 0) is 59.5 Å². The molecule has 0 unspecified atom stereocenters. The average Bonchev–Trinajstić information content (AvgIpc) is 2.90. The number of nitrogens with zero attached hydrogens (tertiary/aromatic N) is 1. The SMILES string of the molecule is CCc1ccc(C=C2SC(=O)N(CCc3ccc(O)c(O)c3)C2=O)cc1. The summed E-state index contributed by atoms with van der Waals surface area (Å²) in [5.74, 6) is -0.716. The topological polar surface area (TPSA) is 77.8 Å². The number of carbonyl (C=O) groups is 2. The molecule has 0 saturated carbocycles. The molecule has 0 aromatic heterocycles. The number of phenols is 2. The molecule has 1 aliphatic rings. The predicted molar refractivity (Wildman–Crippen MR) is 102 cm³/mol. The Balaban J connectivity index is 1.69. The van der Waals surface area contributed by atoms with Crippen molar-refractivity contribution in [2.24, 2.45) is 0 Å². The fraction of sp³-hybridized carbons (Fsp3) is 0.200. The van der Waals surface area contributed by atoms with Gasteiger partial charge in [0.15, 0.2) is 11.5 Å². The summed E-state index contributed by atoms with van der Waals surface area (Å²) in [6, 6.07) is 12.4. The Kier molecular flexibility index (Phi) is 5.32. The molecule has 26 heavy (non-hydrogen) atoms. The monoisotopic (exact) mass is 369 g/mol. The smallest absolute Gasteiger partial charge is 0.293 e. The molecule has 1 heterocycles. The molecule has 0 atom stereocenters. The Hall–Kier alpha value is -2.73. The Morgan fingerprint density at radius 1 is 1.00 bits per heavy atom. The van der Waals surface area contributed by atoms with Gasteiger partial charge in [0.1, 0.15) is 0 Å². The number of amides is 2. The Bertz CT molecular complexity index is 874. The van der Waals surface area contributed by atoms with Gasteiger partial charge in [-0.15, -0.1) is 0 Å². The number of imide groups is 1. The van der Waals surface area contributed by atoms with Gasteiger partial charge in [0, 0.05) is 6.54 Å². The van der Waals surface area contributed by atoms with E-state index in [0.29, 0.717) is 11.3 Å². The van der Waals surface area contributed by atoms with Crippen LogP contribution in [0.1, 0.15) is 23.6 Å². The standard InChI is InChI=1S/C20H19NO4S/c1-2-13-3-5-14(6-4-13)12-18-19(24)21(20(25)26-18)10-9-15-7-8-16(22)17(23)11-15/h3-8,11-12,22-23H,2,9-10H2,1H3. The highest BCUT2D eigenvalue weighted by molar-refractivity contribution is 8.18. The first-order valence-electron chi connectivity index (χ1n) is 8.33. The van der Waals surface area contributed by atoms with Gasteiger partial charge in [-0.1, -0.05) is 37.3 Å². The van der Waals surface area contributed by atoms with Crippen molar-refractivity contribution in [3.05, 3.63) is 64.1 Å². The van der Waals surface area contributed by atoms with Gasteiger partial charge < -0.3 is 10.2 Å². The number of carbonyl (C=O) groups excluding carboxylic acids is 2. The predicted octanol–water partition coefficient (Wildman–Crippen LogP) is 3.94. The van der Waals surface area contributed by atoms with Crippen molar-refractivity contribution < 1.29 is 19.8 Å². The number of benzene rings is 2. The van der Waals surface area contributed by atoms with Gasteiger partial charge in [0.25, 0.3) is 11.1 Å². The van der Waals surface area contributed by atoms with E-state index in [-0.39, 0.29) is 29.2 Å². The number of phenolic OH excluding ortho intramolecular Hbond substituents is 2. The van der Waals surface area contributed by atoms with E-state index in [9.17, 15) is 19.8 Å². The van der Waals surface area contributed by atoms with Crippen LogP contribution in [-0.2, 0) is 17.6 Å². The zero-order valence-electron chi connectivity index (χ0n) is 14.3. The maximum absolute atomic E-state index is 12.5. The van der Waals surface area contributed by atoms with E-state index < -0.39 is 0 Å². The van der Waals surface area contributed by atoms with Gasteiger partial charge >= 0.3 is 0 Å². The van der Waals surface area contributed by atoms with Crippen molar-refractivity contribution in [1.82, 2.24) is 4.90 Å². The summed E-state index contributed by atoms with van der Waals surface area (Å²) in [6.45, 7) is 2.30. The van der Waals surface area contributed by atoms with Crippen LogP contribution >= 0.6 is 11.8 Å². The zero-order valence-corrected chi connectivity index (χ0v) is 15.1. The molecule has 1 saturated heterocycles. The van der Waals surface area contributed by atoms with Gasteiger partial charge in [0.2, 0.25) is 0 Å². The lowest BCUT2D eigenvalue weighted by Crippen LogP contribution is -2.30. The highest BCUT2D eigenvalue weighted by Gasteiger charge is 2.34. The molecule has 3 rings (SSSR count). The number of hydrogen-bond acceptors (Lipinski definition) is 5. The van der Waals surface area contributed by atoms with Gasteiger partial charge in [-0.3, -0.25) is 14.5 Å². The van der Waals surface area contributed by atoms with E-state index in [1.807, 2.05) is 24.3 Å². The Morgan fingerprint density at radius 3 is 2.35 bits per heavy atom. The summed E-state index contributed by atoms with van der Waals surface area (Å²) in [4.78, 5) is 26.3. The average molecular weight is 369 g/mol. The van der Waals surface area contributed by atoms with Crippen molar-refractivity contribution in [3.63, 3.8) is 0 Å². The number of rotatable bonds is 5. The molecule has 2 N–H and O–H groups in total. The van der Waals surface area contributed by atoms with E-state index in [0.717, 1.165) is 29.3 Å². The van der Waals surface area contributed by atoms with Crippen molar-refractivity contribution in [2.45, 2.75) is 19.8 Å². The van der Waals surface area contributed by atoms with Crippen LogP contribution in [0.5, 0.6) is 11.5 Å². The minimum absolute atomic E-state index is 0.197. The maximum atomic E-state index is 12.5. The summed E-state index contributed by atoms with van der Waals surface area (Å²) in [6.07, 6.45) is 3.09. The van der Waals surface area contributed by atoms with E-state index in [2.05, 4.69) is 6.92 Å². The fourth-order valence-electron chi connectivity index (χ4n) is 2.66. The number of hydrogen-bond donors (Lipinski definition) is 2. The largest absolute Gasteiger partial charge is 0.504 e. The lowest BCUT2D eigenvalue weighted by molar-refractivity contribution is -0.122. The van der Waals surface area contributed by atoms with E-state index >= 15 is 0 Å². The lowest BCUT2D eigenvalue weighted by atomic mass is 10.1. The lowest BCUT2D eigenvalue weighted by Gasteiger charge is -2.12. The van der Waals surface area contributed by atoms with Gasteiger partial charge in [0.05, 0.1) is 4.91 Å². The molecule has 1 aliphatic heterocycles. The molecule has 6 heteroatoms. The van der Waals surface area contributed by atoms with Crippen LogP contribution in [0.2, 0.25) is 0 Å². The highest BCUT2D eigenvalue weighted by Crippen LogP contribution is 2.32. The summed E-state index contributed by atoms with van der Waals surface area (Å²) >= 11 is 0.936. The van der Waals surface area contributed by atoms with Crippen molar-refractivity contribution in [3.8, 4) is 11.5 Å². The zero-order chi connectivity index (χ0) is 18.7. The first-order valence-corrected chi connectivity index (χ1v) is 9.14. The molecule has 134 valence electrons. The number of aryl methyl sites for hydroxylation is 1. The van der Waals surface area contributed by atoms with Crippen molar-refractivity contribution >= 4 is 29.0 Å². The molecule has 0 aliphatic carbocycles. The first kappa shape index (κ1) is 18.1. The molecule has 2 aromatic rings. The third kappa shape index (κ3) is 3.91. The van der Waals surface area contributed by atoms with E-state index in [1.54, 1.807) is 12.1 Å². The van der Waals surface area contributed by atoms with Crippen LogP contribution in [0.25, 0.3) is 6.08 Å². The molecular formula is C20H19NO4S.